The molecule has 1 aromatic carbocycles. The van der Waals surface area contributed by atoms with Crippen molar-refractivity contribution in [3.63, 3.8) is 0 Å². The third-order valence-corrected chi connectivity index (χ3v) is 2.64. The summed E-state index contributed by atoms with van der Waals surface area (Å²) >= 11 is 0. The van der Waals surface area contributed by atoms with E-state index in [4.69, 9.17) is 9.84 Å². The molecule has 2 atom stereocenters. The molecule has 0 amide bonds. The fourth-order valence-corrected chi connectivity index (χ4v) is 1.56. The first-order chi connectivity index (χ1) is 9.09. The number of aliphatic hydroxyl groups excluding tert-OH is 2. The summed E-state index contributed by atoms with van der Waals surface area (Å²) in [6.45, 7) is 3.05. The lowest BCUT2D eigenvalue weighted by molar-refractivity contribution is 0.0276. The van der Waals surface area contributed by atoms with Gasteiger partial charge in [-0.3, -0.25) is 0 Å². The van der Waals surface area contributed by atoms with E-state index in [1.165, 1.54) is 6.07 Å². The second-order valence-corrected chi connectivity index (χ2v) is 4.60. The van der Waals surface area contributed by atoms with Crippen molar-refractivity contribution in [2.75, 3.05) is 19.7 Å². The van der Waals surface area contributed by atoms with Gasteiger partial charge in [0.1, 0.15) is 5.82 Å². The van der Waals surface area contributed by atoms with Crippen LogP contribution in [0.5, 0.6) is 0 Å². The predicted molar refractivity (Wildman–Crippen MR) is 71.2 cm³/mol. The summed E-state index contributed by atoms with van der Waals surface area (Å²) < 4.78 is 18.5. The van der Waals surface area contributed by atoms with Gasteiger partial charge in [-0.05, 0) is 26.0 Å². The molecule has 0 fully saturated rings. The number of benzene rings is 1. The van der Waals surface area contributed by atoms with Crippen molar-refractivity contribution < 1.29 is 19.3 Å². The Morgan fingerprint density at radius 2 is 2.05 bits per heavy atom. The van der Waals surface area contributed by atoms with Gasteiger partial charge in [-0.25, -0.2) is 4.39 Å². The van der Waals surface area contributed by atoms with Crippen molar-refractivity contribution in [2.45, 2.75) is 32.2 Å². The Hall–Kier alpha value is -1.01. The predicted octanol–water partition coefficient (Wildman–Crippen LogP) is 1.06. The van der Waals surface area contributed by atoms with E-state index in [0.717, 1.165) is 0 Å². The molecule has 19 heavy (non-hydrogen) atoms. The summed E-state index contributed by atoms with van der Waals surface area (Å²) in [4.78, 5) is 0. The van der Waals surface area contributed by atoms with Crippen molar-refractivity contribution in [1.29, 1.82) is 0 Å². The number of nitrogens with one attached hydrogen (secondary N) is 1. The van der Waals surface area contributed by atoms with Crippen LogP contribution in [0.2, 0.25) is 0 Å². The Labute approximate surface area is 113 Å². The molecule has 0 aliphatic heterocycles. The minimum absolute atomic E-state index is 0.149. The molecule has 0 bridgehead atoms. The molecule has 108 valence electrons. The van der Waals surface area contributed by atoms with Gasteiger partial charge in [0.2, 0.25) is 0 Å². The van der Waals surface area contributed by atoms with Gasteiger partial charge in [0, 0.05) is 12.1 Å². The summed E-state index contributed by atoms with van der Waals surface area (Å²) in [7, 11) is 0. The van der Waals surface area contributed by atoms with E-state index in [0.29, 0.717) is 25.1 Å². The van der Waals surface area contributed by atoms with Gasteiger partial charge in [-0.1, -0.05) is 18.2 Å². The lowest BCUT2D eigenvalue weighted by Crippen LogP contribution is -2.31. The number of aliphatic hydroxyl groups is 2. The van der Waals surface area contributed by atoms with Crippen molar-refractivity contribution in [2.24, 2.45) is 0 Å². The second kappa shape index (κ2) is 8.98. The van der Waals surface area contributed by atoms with E-state index in [1.54, 1.807) is 25.1 Å². The largest absolute Gasteiger partial charge is 0.393 e. The normalized spacial score (nSPS) is 14.3. The highest BCUT2D eigenvalue weighted by Gasteiger charge is 2.06. The fraction of sp³-hybridized carbons (Fsp3) is 0.571. The fourth-order valence-electron chi connectivity index (χ4n) is 1.56. The number of halogens is 1. The molecule has 0 heterocycles. The third-order valence-electron chi connectivity index (χ3n) is 2.64. The first kappa shape index (κ1) is 16.0. The highest BCUT2D eigenvalue weighted by atomic mass is 19.1. The summed E-state index contributed by atoms with van der Waals surface area (Å²) in [6.07, 6.45) is -0.342. The summed E-state index contributed by atoms with van der Waals surface area (Å²) in [5, 5.41) is 21.7. The van der Waals surface area contributed by atoms with Crippen LogP contribution in [0.3, 0.4) is 0 Å². The van der Waals surface area contributed by atoms with E-state index in [9.17, 15) is 9.50 Å². The number of hydrogen-bond donors (Lipinski definition) is 3. The molecule has 0 aliphatic rings. The molecule has 0 radical (unpaired) electrons. The van der Waals surface area contributed by atoms with E-state index < -0.39 is 6.10 Å². The average Bonchev–Trinajstić information content (AvgIpc) is 2.37. The second-order valence-electron chi connectivity index (χ2n) is 4.60. The Balaban J connectivity index is 2.10. The van der Waals surface area contributed by atoms with Crippen LogP contribution in [0.4, 0.5) is 4.39 Å². The summed E-state index contributed by atoms with van der Waals surface area (Å²) in [6, 6.07) is 6.41. The Kier molecular flexibility index (Phi) is 7.59. The molecule has 4 nitrogen and oxygen atoms in total. The van der Waals surface area contributed by atoms with Crippen LogP contribution >= 0.6 is 0 Å². The molecule has 1 rings (SSSR count). The SMILES string of the molecule is CC(O)CCNCC(O)COCc1ccccc1F. The minimum atomic E-state index is -0.638. The maximum atomic E-state index is 13.3. The van der Waals surface area contributed by atoms with Crippen LogP contribution in [0.15, 0.2) is 24.3 Å². The van der Waals surface area contributed by atoms with Crippen molar-refractivity contribution in [1.82, 2.24) is 5.32 Å². The van der Waals surface area contributed by atoms with Gasteiger partial charge in [0.15, 0.2) is 0 Å². The van der Waals surface area contributed by atoms with Crippen molar-refractivity contribution in [3.8, 4) is 0 Å². The van der Waals surface area contributed by atoms with Gasteiger partial charge >= 0.3 is 0 Å². The molecule has 3 N–H and O–H groups in total. The standard InChI is InChI=1S/C14H22FNO3/c1-11(17)6-7-16-8-13(18)10-19-9-12-4-2-3-5-14(12)15/h2-5,11,13,16-18H,6-10H2,1H3. The van der Waals surface area contributed by atoms with Crippen LogP contribution in [-0.2, 0) is 11.3 Å². The van der Waals surface area contributed by atoms with Crippen LogP contribution in [0.1, 0.15) is 18.9 Å². The zero-order valence-corrected chi connectivity index (χ0v) is 11.2. The maximum absolute atomic E-state index is 13.3. The highest BCUT2D eigenvalue weighted by molar-refractivity contribution is 5.16. The molecule has 0 spiro atoms. The van der Waals surface area contributed by atoms with Gasteiger partial charge < -0.3 is 20.3 Å². The first-order valence-electron chi connectivity index (χ1n) is 6.47. The van der Waals surface area contributed by atoms with E-state index in [-0.39, 0.29) is 25.1 Å². The molecule has 0 saturated carbocycles. The Morgan fingerprint density at radius 1 is 1.32 bits per heavy atom. The Morgan fingerprint density at radius 3 is 2.74 bits per heavy atom. The maximum Gasteiger partial charge on any atom is 0.128 e. The molecule has 5 heteroatoms. The summed E-state index contributed by atoms with van der Waals surface area (Å²) in [5.74, 6) is -0.299. The lowest BCUT2D eigenvalue weighted by atomic mass is 10.2. The monoisotopic (exact) mass is 271 g/mol. The quantitative estimate of drug-likeness (QED) is 0.588. The average molecular weight is 271 g/mol. The zero-order chi connectivity index (χ0) is 14.1. The highest BCUT2D eigenvalue weighted by Crippen LogP contribution is 2.07. The van der Waals surface area contributed by atoms with Gasteiger partial charge in [0.05, 0.1) is 25.4 Å². The molecule has 1 aromatic rings. The smallest absolute Gasteiger partial charge is 0.128 e. The van der Waals surface area contributed by atoms with Gasteiger partial charge in [-0.2, -0.15) is 0 Å². The topological polar surface area (TPSA) is 61.7 Å². The summed E-state index contributed by atoms with van der Waals surface area (Å²) in [5.41, 5.74) is 0.483. The van der Waals surface area contributed by atoms with Crippen molar-refractivity contribution >= 4 is 0 Å². The molecule has 2 unspecified atom stereocenters. The first-order valence-corrected chi connectivity index (χ1v) is 6.47. The van der Waals surface area contributed by atoms with Gasteiger partial charge in [0.25, 0.3) is 0 Å². The van der Waals surface area contributed by atoms with Crippen LogP contribution < -0.4 is 5.32 Å². The number of rotatable bonds is 9. The molecule has 0 aromatic heterocycles. The molecular formula is C14H22FNO3. The minimum Gasteiger partial charge on any atom is -0.393 e. The molecule has 0 aliphatic carbocycles. The van der Waals surface area contributed by atoms with Crippen LogP contribution in [0, 0.1) is 5.82 Å². The van der Waals surface area contributed by atoms with Crippen molar-refractivity contribution in [3.05, 3.63) is 35.6 Å². The van der Waals surface area contributed by atoms with Crippen LogP contribution in [0.25, 0.3) is 0 Å². The number of hydrogen-bond acceptors (Lipinski definition) is 4. The molecular weight excluding hydrogens is 249 g/mol. The zero-order valence-electron chi connectivity index (χ0n) is 11.2. The Bertz CT molecular complexity index is 360. The van der Waals surface area contributed by atoms with Crippen LogP contribution in [-0.4, -0.2) is 42.1 Å². The van der Waals surface area contributed by atoms with E-state index in [2.05, 4.69) is 5.32 Å². The lowest BCUT2D eigenvalue weighted by Gasteiger charge is -2.13. The van der Waals surface area contributed by atoms with E-state index in [1.807, 2.05) is 0 Å². The van der Waals surface area contributed by atoms with Gasteiger partial charge in [-0.15, -0.1) is 0 Å². The van der Waals surface area contributed by atoms with E-state index >= 15 is 0 Å². The molecule has 0 saturated heterocycles. The third kappa shape index (κ3) is 7.22. The number of ether oxygens (including phenoxy) is 1.